The first-order valence-electron chi connectivity index (χ1n) is 11.6. The van der Waals surface area contributed by atoms with Crippen LogP contribution in [0.3, 0.4) is 0 Å². The molecule has 2 heterocycles. The van der Waals surface area contributed by atoms with Crippen molar-refractivity contribution in [1.82, 2.24) is 4.90 Å². The second kappa shape index (κ2) is 5.48. The summed E-state index contributed by atoms with van der Waals surface area (Å²) in [7, 11) is 0. The molecule has 6 fully saturated rings. The molecule has 2 saturated heterocycles. The van der Waals surface area contributed by atoms with E-state index in [0.717, 1.165) is 23.7 Å². The van der Waals surface area contributed by atoms with Gasteiger partial charge in [-0.05, 0) is 105 Å². The van der Waals surface area contributed by atoms with E-state index in [9.17, 15) is 5.11 Å². The summed E-state index contributed by atoms with van der Waals surface area (Å²) < 4.78 is 5.98. The maximum absolute atomic E-state index is 11.4. The van der Waals surface area contributed by atoms with E-state index in [1.54, 1.807) is 0 Å². The molecule has 0 spiro atoms. The Morgan fingerprint density at radius 2 is 1.73 bits per heavy atom. The molecule has 6 aliphatic rings. The van der Waals surface area contributed by atoms with Crippen LogP contribution >= 0.6 is 0 Å². The monoisotopic (exact) mass is 359 g/mol. The zero-order valence-corrected chi connectivity index (χ0v) is 16.7. The summed E-state index contributed by atoms with van der Waals surface area (Å²) in [6.45, 7) is 7.51. The quantitative estimate of drug-likeness (QED) is 0.723. The van der Waals surface area contributed by atoms with E-state index < -0.39 is 0 Å². The summed E-state index contributed by atoms with van der Waals surface area (Å²) in [6.07, 6.45) is 13.1. The van der Waals surface area contributed by atoms with Crippen molar-refractivity contribution in [2.45, 2.75) is 96.0 Å². The summed E-state index contributed by atoms with van der Waals surface area (Å²) in [4.78, 5) is 2.64. The van der Waals surface area contributed by atoms with Crippen molar-refractivity contribution < 1.29 is 9.84 Å². The number of hydrogen-bond acceptors (Lipinski definition) is 3. The van der Waals surface area contributed by atoms with Crippen molar-refractivity contribution in [2.24, 2.45) is 34.5 Å². The van der Waals surface area contributed by atoms with E-state index in [0.29, 0.717) is 23.7 Å². The van der Waals surface area contributed by atoms with Crippen LogP contribution in [-0.2, 0) is 4.74 Å². The van der Waals surface area contributed by atoms with E-state index in [-0.39, 0.29) is 11.5 Å². The van der Waals surface area contributed by atoms with Crippen LogP contribution in [0.25, 0.3) is 0 Å². The van der Waals surface area contributed by atoms with Gasteiger partial charge in [-0.1, -0.05) is 13.8 Å². The van der Waals surface area contributed by atoms with Crippen molar-refractivity contribution in [3.63, 3.8) is 0 Å². The Hall–Kier alpha value is -0.120. The normalized spacial score (nSPS) is 61.5. The third-order valence-electron chi connectivity index (χ3n) is 10.5. The minimum Gasteiger partial charge on any atom is -0.391 e. The third kappa shape index (κ3) is 2.12. The number of likely N-dealkylation sites (tertiary alicyclic amines) is 1. The van der Waals surface area contributed by atoms with Gasteiger partial charge in [0, 0.05) is 6.04 Å². The Balaban J connectivity index is 1.29. The third-order valence-corrected chi connectivity index (χ3v) is 10.5. The maximum atomic E-state index is 11.4. The van der Waals surface area contributed by atoms with Crippen molar-refractivity contribution in [3.8, 4) is 0 Å². The van der Waals surface area contributed by atoms with Gasteiger partial charge >= 0.3 is 0 Å². The molecule has 146 valence electrons. The molecule has 2 aliphatic heterocycles. The van der Waals surface area contributed by atoms with Crippen molar-refractivity contribution in [3.05, 3.63) is 0 Å². The van der Waals surface area contributed by atoms with Gasteiger partial charge in [0.05, 0.1) is 18.3 Å². The summed E-state index contributed by atoms with van der Waals surface area (Å²) in [5.41, 5.74) is 0.684. The summed E-state index contributed by atoms with van der Waals surface area (Å²) in [6, 6.07) is 0.444. The van der Waals surface area contributed by atoms with Crippen LogP contribution in [0.5, 0.6) is 0 Å². The molecule has 6 rings (SSSR count). The molecular formula is C23H37NO2. The molecule has 3 heteroatoms. The molecule has 0 amide bonds. The molecule has 0 bridgehead atoms. The van der Waals surface area contributed by atoms with E-state index in [1.165, 1.54) is 70.9 Å². The Morgan fingerprint density at radius 1 is 0.923 bits per heavy atom. The zero-order valence-electron chi connectivity index (χ0n) is 16.7. The van der Waals surface area contributed by atoms with Crippen LogP contribution in [-0.4, -0.2) is 47.4 Å². The number of fused-ring (bicyclic) bond motifs is 6. The van der Waals surface area contributed by atoms with Crippen LogP contribution in [0.1, 0.15) is 71.6 Å². The van der Waals surface area contributed by atoms with Crippen LogP contribution in [0, 0.1) is 34.5 Å². The van der Waals surface area contributed by atoms with Gasteiger partial charge in [0.1, 0.15) is 0 Å². The average molecular weight is 360 g/mol. The molecule has 26 heavy (non-hydrogen) atoms. The molecule has 3 nitrogen and oxygen atoms in total. The lowest BCUT2D eigenvalue weighted by Crippen LogP contribution is -2.54. The highest BCUT2D eigenvalue weighted by Crippen LogP contribution is 2.68. The van der Waals surface area contributed by atoms with E-state index >= 15 is 0 Å². The van der Waals surface area contributed by atoms with E-state index in [4.69, 9.17) is 4.74 Å². The van der Waals surface area contributed by atoms with Gasteiger partial charge in [-0.2, -0.15) is 0 Å². The molecule has 10 atom stereocenters. The number of ether oxygens (including phenoxy) is 1. The molecular weight excluding hydrogens is 322 g/mol. The number of nitrogens with zero attached hydrogens (tertiary/aromatic N) is 1. The molecule has 0 radical (unpaired) electrons. The van der Waals surface area contributed by atoms with Crippen molar-refractivity contribution >= 4 is 0 Å². The largest absolute Gasteiger partial charge is 0.391 e. The molecule has 2 unspecified atom stereocenters. The fourth-order valence-corrected chi connectivity index (χ4v) is 8.93. The molecule has 0 aromatic heterocycles. The second-order valence-corrected chi connectivity index (χ2v) is 11.3. The number of rotatable bonds is 1. The van der Waals surface area contributed by atoms with Gasteiger partial charge in [0.2, 0.25) is 0 Å². The number of epoxide rings is 1. The van der Waals surface area contributed by atoms with Crippen molar-refractivity contribution in [1.29, 1.82) is 0 Å². The van der Waals surface area contributed by atoms with Gasteiger partial charge in [0.25, 0.3) is 0 Å². The Morgan fingerprint density at radius 3 is 2.54 bits per heavy atom. The molecule has 1 N–H and O–H groups in total. The predicted octanol–water partition coefficient (Wildman–Crippen LogP) is 3.84. The Kier molecular flexibility index (Phi) is 3.54. The summed E-state index contributed by atoms with van der Waals surface area (Å²) in [5.74, 6) is 3.39. The lowest BCUT2D eigenvalue weighted by Gasteiger charge is -2.59. The molecule has 0 aromatic carbocycles. The highest BCUT2D eigenvalue weighted by molar-refractivity contribution is 5.15. The SMILES string of the molecule is CC12C[C@H]3O[C@H]3C[C@@H]1CC[C@@H]1[C@@H]2CCC2(C)[C@@H](O)[C@@H](N3CCCC3)C[C@@H]12. The number of aliphatic hydroxyl groups is 1. The zero-order chi connectivity index (χ0) is 17.7. The fraction of sp³-hybridized carbons (Fsp3) is 1.00. The summed E-state index contributed by atoms with van der Waals surface area (Å²) in [5, 5.41) is 11.4. The minimum atomic E-state index is -0.0976. The first kappa shape index (κ1) is 16.8. The minimum absolute atomic E-state index is 0.0976. The molecule has 4 saturated carbocycles. The van der Waals surface area contributed by atoms with Gasteiger partial charge < -0.3 is 9.84 Å². The number of aliphatic hydroxyl groups excluding tert-OH is 1. The second-order valence-electron chi connectivity index (χ2n) is 11.3. The van der Waals surface area contributed by atoms with Crippen molar-refractivity contribution in [2.75, 3.05) is 13.1 Å². The van der Waals surface area contributed by atoms with Gasteiger partial charge in [0.15, 0.2) is 0 Å². The van der Waals surface area contributed by atoms with Gasteiger partial charge in [-0.25, -0.2) is 0 Å². The first-order chi connectivity index (χ1) is 12.5. The Labute approximate surface area is 158 Å². The van der Waals surface area contributed by atoms with E-state index in [1.807, 2.05) is 0 Å². The number of hydrogen-bond donors (Lipinski definition) is 1. The molecule has 4 aliphatic carbocycles. The smallest absolute Gasteiger partial charge is 0.0847 e. The highest BCUT2D eigenvalue weighted by Gasteiger charge is 2.65. The van der Waals surface area contributed by atoms with Crippen LogP contribution in [0.4, 0.5) is 0 Å². The standard InChI is InChI=1S/C23H37NO2/c1-22-8-7-16-15(6-5-14-11-19-20(26-19)13-23(14,16)2)17(22)12-18(21(22)25)24-9-3-4-10-24/h14-21,25H,3-13H2,1-2H3/t14-,15+,16-,17-,18-,19-,20+,21-,22?,23?/m0/s1. The first-order valence-corrected chi connectivity index (χ1v) is 11.6. The predicted molar refractivity (Wildman–Crippen MR) is 102 cm³/mol. The topological polar surface area (TPSA) is 36.0 Å². The highest BCUT2D eigenvalue weighted by atomic mass is 16.6. The lowest BCUT2D eigenvalue weighted by atomic mass is 9.45. The van der Waals surface area contributed by atoms with Crippen LogP contribution in [0.2, 0.25) is 0 Å². The lowest BCUT2D eigenvalue weighted by molar-refractivity contribution is -0.119. The molecule has 0 aromatic rings. The summed E-state index contributed by atoms with van der Waals surface area (Å²) >= 11 is 0. The fourth-order valence-electron chi connectivity index (χ4n) is 8.93. The van der Waals surface area contributed by atoms with Gasteiger partial charge in [-0.3, -0.25) is 4.90 Å². The van der Waals surface area contributed by atoms with Crippen LogP contribution in [0.15, 0.2) is 0 Å². The Bertz CT molecular complexity index is 589. The van der Waals surface area contributed by atoms with Gasteiger partial charge in [-0.15, -0.1) is 0 Å². The van der Waals surface area contributed by atoms with Crippen LogP contribution < -0.4 is 0 Å². The maximum Gasteiger partial charge on any atom is 0.0847 e. The average Bonchev–Trinajstić information content (AvgIpc) is 3.02. The van der Waals surface area contributed by atoms with E-state index in [2.05, 4.69) is 18.7 Å².